The summed E-state index contributed by atoms with van der Waals surface area (Å²) in [6.07, 6.45) is -0.770. The van der Waals surface area contributed by atoms with Crippen LogP contribution in [0.25, 0.3) is 0 Å². The Morgan fingerprint density at radius 2 is 1.69 bits per heavy atom. The van der Waals surface area contributed by atoms with Gasteiger partial charge < -0.3 is 19.5 Å². The summed E-state index contributed by atoms with van der Waals surface area (Å²) in [5.74, 6) is -0.456. The van der Waals surface area contributed by atoms with Crippen LogP contribution in [0.2, 0.25) is 0 Å². The number of carbonyl (C=O) groups excluding carboxylic acids is 2. The second-order valence-corrected chi connectivity index (χ2v) is 7.46. The van der Waals surface area contributed by atoms with Gasteiger partial charge in [0.15, 0.2) is 0 Å². The molecule has 1 amide bonds. The van der Waals surface area contributed by atoms with Crippen LogP contribution in [0.3, 0.4) is 0 Å². The van der Waals surface area contributed by atoms with Crippen molar-refractivity contribution >= 4 is 12.1 Å². The number of rotatable bonds is 8. The van der Waals surface area contributed by atoms with E-state index in [-0.39, 0.29) is 25.5 Å². The molecule has 1 N–H and O–H groups in total. The lowest BCUT2D eigenvalue weighted by Gasteiger charge is -2.23. The standard InChI is InChI=1S/C22H26FNO5/c1-22(2,3)29-21(26)24-18(15-27-19-11-9-17(23)10-12-19)13-20(25)28-14-16-7-5-4-6-8-16/h4-12,18H,13-15H2,1-3H3,(H,24,26). The zero-order chi connectivity index (χ0) is 21.3. The average Bonchev–Trinajstić information content (AvgIpc) is 2.65. The summed E-state index contributed by atoms with van der Waals surface area (Å²) < 4.78 is 29.1. The van der Waals surface area contributed by atoms with Gasteiger partial charge in [-0.05, 0) is 50.6 Å². The van der Waals surface area contributed by atoms with Crippen molar-refractivity contribution in [1.82, 2.24) is 5.32 Å². The van der Waals surface area contributed by atoms with Crippen molar-refractivity contribution in [3.63, 3.8) is 0 Å². The van der Waals surface area contributed by atoms with Crippen LogP contribution in [-0.2, 0) is 20.9 Å². The molecular formula is C22H26FNO5. The number of esters is 1. The Hall–Kier alpha value is -3.09. The number of ether oxygens (including phenoxy) is 3. The molecule has 0 saturated carbocycles. The number of amides is 1. The maximum Gasteiger partial charge on any atom is 0.408 e. The maximum atomic E-state index is 13.0. The zero-order valence-electron chi connectivity index (χ0n) is 16.8. The number of hydrogen-bond acceptors (Lipinski definition) is 5. The van der Waals surface area contributed by atoms with Crippen molar-refractivity contribution < 1.29 is 28.2 Å². The van der Waals surface area contributed by atoms with E-state index in [1.165, 1.54) is 24.3 Å². The SMILES string of the molecule is CC(C)(C)OC(=O)NC(COc1ccc(F)cc1)CC(=O)OCc1ccccc1. The van der Waals surface area contributed by atoms with Gasteiger partial charge in [0.1, 0.15) is 30.4 Å². The van der Waals surface area contributed by atoms with E-state index in [2.05, 4.69) is 5.32 Å². The summed E-state index contributed by atoms with van der Waals surface area (Å²) in [6.45, 7) is 5.35. The van der Waals surface area contributed by atoms with Crippen molar-refractivity contribution in [2.45, 2.75) is 45.4 Å². The Bertz CT molecular complexity index is 787. The lowest BCUT2D eigenvalue weighted by Crippen LogP contribution is -2.43. The Morgan fingerprint density at radius 3 is 2.31 bits per heavy atom. The number of carbonyl (C=O) groups is 2. The average molecular weight is 403 g/mol. The largest absolute Gasteiger partial charge is 0.491 e. The van der Waals surface area contributed by atoms with E-state index in [4.69, 9.17) is 14.2 Å². The number of halogens is 1. The van der Waals surface area contributed by atoms with Gasteiger partial charge in [0.05, 0.1) is 12.5 Å². The van der Waals surface area contributed by atoms with Gasteiger partial charge in [-0.1, -0.05) is 30.3 Å². The molecule has 2 aromatic rings. The molecule has 0 heterocycles. The third kappa shape index (κ3) is 9.10. The fourth-order valence-corrected chi connectivity index (χ4v) is 2.35. The molecule has 0 aliphatic heterocycles. The van der Waals surface area contributed by atoms with Crippen LogP contribution in [0.4, 0.5) is 9.18 Å². The summed E-state index contributed by atoms with van der Waals surface area (Å²) in [7, 11) is 0. The predicted molar refractivity (Wildman–Crippen MR) is 106 cm³/mol. The number of hydrogen-bond donors (Lipinski definition) is 1. The van der Waals surface area contributed by atoms with Crippen LogP contribution in [0.1, 0.15) is 32.8 Å². The summed E-state index contributed by atoms with van der Waals surface area (Å²) in [5, 5.41) is 2.62. The lowest BCUT2D eigenvalue weighted by atomic mass is 10.2. The summed E-state index contributed by atoms with van der Waals surface area (Å²) in [4.78, 5) is 24.3. The summed E-state index contributed by atoms with van der Waals surface area (Å²) in [5.41, 5.74) is 0.181. The normalized spacial score (nSPS) is 12.0. The molecule has 0 aliphatic rings. The molecule has 0 radical (unpaired) electrons. The molecule has 2 rings (SSSR count). The molecule has 0 fully saturated rings. The molecule has 6 nitrogen and oxygen atoms in total. The van der Waals surface area contributed by atoms with Crippen LogP contribution in [0, 0.1) is 5.82 Å². The molecule has 1 atom stereocenters. The first-order chi connectivity index (χ1) is 13.7. The quantitative estimate of drug-likeness (QED) is 0.668. The molecule has 29 heavy (non-hydrogen) atoms. The first kappa shape index (κ1) is 22.2. The van der Waals surface area contributed by atoms with Crippen LogP contribution in [0.5, 0.6) is 5.75 Å². The van der Waals surface area contributed by atoms with E-state index in [9.17, 15) is 14.0 Å². The van der Waals surface area contributed by atoms with Crippen molar-refractivity contribution in [3.05, 3.63) is 66.0 Å². The van der Waals surface area contributed by atoms with Gasteiger partial charge >= 0.3 is 12.1 Å². The van der Waals surface area contributed by atoms with E-state index in [1.54, 1.807) is 20.8 Å². The second-order valence-electron chi connectivity index (χ2n) is 7.46. The van der Waals surface area contributed by atoms with Gasteiger partial charge in [0.25, 0.3) is 0 Å². The van der Waals surface area contributed by atoms with E-state index < -0.39 is 23.7 Å². The minimum Gasteiger partial charge on any atom is -0.491 e. The molecule has 0 aliphatic carbocycles. The number of nitrogens with one attached hydrogen (secondary N) is 1. The van der Waals surface area contributed by atoms with E-state index in [0.717, 1.165) is 5.56 Å². The summed E-state index contributed by atoms with van der Waals surface area (Å²) >= 11 is 0. The highest BCUT2D eigenvalue weighted by molar-refractivity contribution is 5.73. The molecule has 156 valence electrons. The van der Waals surface area contributed by atoms with Crippen LogP contribution < -0.4 is 10.1 Å². The lowest BCUT2D eigenvalue weighted by molar-refractivity contribution is -0.145. The van der Waals surface area contributed by atoms with Gasteiger partial charge in [-0.3, -0.25) is 4.79 Å². The molecule has 0 saturated heterocycles. The first-order valence-electron chi connectivity index (χ1n) is 9.29. The Balaban J connectivity index is 1.93. The number of alkyl carbamates (subject to hydrolysis) is 1. The third-order valence-corrected chi connectivity index (χ3v) is 3.64. The minimum atomic E-state index is -0.682. The molecule has 0 aromatic heterocycles. The van der Waals surface area contributed by atoms with Crippen LogP contribution >= 0.6 is 0 Å². The zero-order valence-corrected chi connectivity index (χ0v) is 16.8. The highest BCUT2D eigenvalue weighted by atomic mass is 19.1. The second kappa shape index (κ2) is 10.5. The summed E-state index contributed by atoms with van der Waals surface area (Å²) in [6, 6.07) is 14.1. The topological polar surface area (TPSA) is 73.9 Å². The Kier molecular flexibility index (Phi) is 8.00. The van der Waals surface area contributed by atoms with Gasteiger partial charge in [-0.2, -0.15) is 0 Å². The fraction of sp³-hybridized carbons (Fsp3) is 0.364. The fourth-order valence-electron chi connectivity index (χ4n) is 2.35. The minimum absolute atomic E-state index is 0.00862. The number of benzene rings is 2. The van der Waals surface area contributed by atoms with Gasteiger partial charge in [-0.15, -0.1) is 0 Å². The molecule has 7 heteroatoms. The van der Waals surface area contributed by atoms with E-state index in [0.29, 0.717) is 5.75 Å². The predicted octanol–water partition coefficient (Wildman–Crippen LogP) is 4.23. The molecule has 0 bridgehead atoms. The highest BCUT2D eigenvalue weighted by Gasteiger charge is 2.22. The monoisotopic (exact) mass is 403 g/mol. The van der Waals surface area contributed by atoms with Crippen molar-refractivity contribution in [1.29, 1.82) is 0 Å². The van der Waals surface area contributed by atoms with Crippen LogP contribution in [0.15, 0.2) is 54.6 Å². The van der Waals surface area contributed by atoms with E-state index in [1.807, 2.05) is 30.3 Å². The molecule has 0 spiro atoms. The maximum absolute atomic E-state index is 13.0. The molecule has 2 aromatic carbocycles. The van der Waals surface area contributed by atoms with Gasteiger partial charge in [-0.25, -0.2) is 9.18 Å². The van der Waals surface area contributed by atoms with Gasteiger partial charge in [0.2, 0.25) is 0 Å². The molecule has 1 unspecified atom stereocenters. The smallest absolute Gasteiger partial charge is 0.408 e. The van der Waals surface area contributed by atoms with Crippen molar-refractivity contribution in [2.75, 3.05) is 6.61 Å². The van der Waals surface area contributed by atoms with Crippen molar-refractivity contribution in [2.24, 2.45) is 0 Å². The van der Waals surface area contributed by atoms with Crippen LogP contribution in [-0.4, -0.2) is 30.3 Å². The Labute approximate surface area is 170 Å². The van der Waals surface area contributed by atoms with E-state index >= 15 is 0 Å². The van der Waals surface area contributed by atoms with Crippen molar-refractivity contribution in [3.8, 4) is 5.75 Å². The third-order valence-electron chi connectivity index (χ3n) is 3.64. The first-order valence-corrected chi connectivity index (χ1v) is 9.29. The molecular weight excluding hydrogens is 377 g/mol. The highest BCUT2D eigenvalue weighted by Crippen LogP contribution is 2.13. The Morgan fingerprint density at radius 1 is 1.03 bits per heavy atom. The van der Waals surface area contributed by atoms with Gasteiger partial charge in [0, 0.05) is 0 Å².